The molecular formula is C18H20N2O2S. The van der Waals surface area contributed by atoms with Crippen molar-refractivity contribution >= 4 is 17.7 Å². The summed E-state index contributed by atoms with van der Waals surface area (Å²) in [4.78, 5) is 29.8. The number of carbonyl (C=O) groups is 1. The van der Waals surface area contributed by atoms with Gasteiger partial charge in [-0.05, 0) is 43.5 Å². The van der Waals surface area contributed by atoms with Crippen LogP contribution < -0.4 is 5.56 Å². The molecule has 23 heavy (non-hydrogen) atoms. The number of likely N-dealkylation sites (tertiary alicyclic amines) is 1. The van der Waals surface area contributed by atoms with Gasteiger partial charge in [0, 0.05) is 29.4 Å². The Morgan fingerprint density at radius 1 is 1.17 bits per heavy atom. The number of rotatable bonds is 3. The third-order valence-electron chi connectivity index (χ3n) is 4.17. The lowest BCUT2D eigenvalue weighted by molar-refractivity contribution is 0.0725. The lowest BCUT2D eigenvalue weighted by atomic mass is 10.1. The van der Waals surface area contributed by atoms with Crippen LogP contribution in [0.25, 0.3) is 0 Å². The molecule has 5 heteroatoms. The van der Waals surface area contributed by atoms with Gasteiger partial charge in [0.2, 0.25) is 0 Å². The summed E-state index contributed by atoms with van der Waals surface area (Å²) >= 11 is 1.90. The Morgan fingerprint density at radius 3 is 2.61 bits per heavy atom. The van der Waals surface area contributed by atoms with Crippen molar-refractivity contribution in [2.45, 2.75) is 29.9 Å². The topological polar surface area (TPSA) is 53.2 Å². The molecule has 0 radical (unpaired) electrons. The fraction of sp³-hybridized carbons (Fsp3) is 0.333. The molecule has 4 nitrogen and oxygen atoms in total. The Morgan fingerprint density at radius 2 is 1.91 bits per heavy atom. The minimum Gasteiger partial charge on any atom is -0.338 e. The van der Waals surface area contributed by atoms with Crippen molar-refractivity contribution < 1.29 is 4.79 Å². The van der Waals surface area contributed by atoms with Crippen molar-refractivity contribution in [2.75, 3.05) is 13.1 Å². The van der Waals surface area contributed by atoms with Crippen molar-refractivity contribution in [3.8, 4) is 0 Å². The normalized spacial score (nSPS) is 15.6. The van der Waals surface area contributed by atoms with Crippen molar-refractivity contribution in [1.82, 2.24) is 9.88 Å². The van der Waals surface area contributed by atoms with Crippen LogP contribution in [-0.4, -0.2) is 34.1 Å². The number of hydrogen-bond acceptors (Lipinski definition) is 3. The smallest absolute Gasteiger partial charge is 0.260 e. The zero-order chi connectivity index (χ0) is 16.2. The molecule has 1 aliphatic heterocycles. The second-order valence-electron chi connectivity index (χ2n) is 5.79. The summed E-state index contributed by atoms with van der Waals surface area (Å²) in [5, 5.41) is 0.522. The molecule has 0 atom stereocenters. The molecule has 0 aliphatic carbocycles. The predicted molar refractivity (Wildman–Crippen MR) is 93.0 cm³/mol. The molecule has 1 aromatic carbocycles. The van der Waals surface area contributed by atoms with Gasteiger partial charge in [-0.3, -0.25) is 9.59 Å². The van der Waals surface area contributed by atoms with Gasteiger partial charge in [-0.15, -0.1) is 11.8 Å². The first-order chi connectivity index (χ1) is 11.1. The highest BCUT2D eigenvalue weighted by Crippen LogP contribution is 2.32. The Bertz CT molecular complexity index is 748. The van der Waals surface area contributed by atoms with Crippen LogP contribution in [0, 0.1) is 6.92 Å². The maximum absolute atomic E-state index is 12.4. The van der Waals surface area contributed by atoms with Gasteiger partial charge in [0.05, 0.1) is 0 Å². The summed E-state index contributed by atoms with van der Waals surface area (Å²) in [5.74, 6) is -0.161. The van der Waals surface area contributed by atoms with Crippen LogP contribution in [0.5, 0.6) is 0 Å². The number of nitrogens with one attached hydrogen (secondary N) is 1. The van der Waals surface area contributed by atoms with Crippen molar-refractivity contribution in [1.29, 1.82) is 0 Å². The lowest BCUT2D eigenvalue weighted by Gasteiger charge is -2.31. The molecule has 2 aromatic rings. The van der Waals surface area contributed by atoms with Crippen LogP contribution in [0.4, 0.5) is 0 Å². The SMILES string of the molecule is Cc1ccccc1SC1CCN(C(=O)c2ccc[nH]c2=O)CC1. The lowest BCUT2D eigenvalue weighted by Crippen LogP contribution is -2.41. The fourth-order valence-corrected chi connectivity index (χ4v) is 4.02. The number of nitrogens with zero attached hydrogens (tertiary/aromatic N) is 1. The highest BCUT2D eigenvalue weighted by molar-refractivity contribution is 8.00. The van der Waals surface area contributed by atoms with Crippen LogP contribution >= 0.6 is 11.8 Å². The zero-order valence-electron chi connectivity index (χ0n) is 13.1. The highest BCUT2D eigenvalue weighted by Gasteiger charge is 2.25. The molecule has 3 rings (SSSR count). The Hall–Kier alpha value is -2.01. The van der Waals surface area contributed by atoms with E-state index < -0.39 is 0 Å². The van der Waals surface area contributed by atoms with Crippen molar-refractivity contribution in [3.63, 3.8) is 0 Å². The van der Waals surface area contributed by atoms with Gasteiger partial charge in [0.15, 0.2) is 0 Å². The largest absolute Gasteiger partial charge is 0.338 e. The number of hydrogen-bond donors (Lipinski definition) is 1. The van der Waals surface area contributed by atoms with Gasteiger partial charge < -0.3 is 9.88 Å². The highest BCUT2D eigenvalue weighted by atomic mass is 32.2. The van der Waals surface area contributed by atoms with Gasteiger partial charge in [-0.2, -0.15) is 0 Å². The second-order valence-corrected chi connectivity index (χ2v) is 7.13. The van der Waals surface area contributed by atoms with Gasteiger partial charge in [0.25, 0.3) is 11.5 Å². The van der Waals surface area contributed by atoms with E-state index in [4.69, 9.17) is 0 Å². The molecule has 0 spiro atoms. The second kappa shape index (κ2) is 7.04. The van der Waals surface area contributed by atoms with Crippen LogP contribution in [-0.2, 0) is 0 Å². The third kappa shape index (κ3) is 3.67. The Kier molecular flexibility index (Phi) is 4.86. The monoisotopic (exact) mass is 328 g/mol. The maximum Gasteiger partial charge on any atom is 0.260 e. The number of aryl methyl sites for hydroxylation is 1. The van der Waals surface area contributed by atoms with E-state index in [0.29, 0.717) is 18.3 Å². The average Bonchev–Trinajstić information content (AvgIpc) is 2.57. The summed E-state index contributed by atoms with van der Waals surface area (Å²) in [6.45, 7) is 3.54. The van der Waals surface area contributed by atoms with E-state index >= 15 is 0 Å². The summed E-state index contributed by atoms with van der Waals surface area (Å²) in [5.41, 5.74) is 1.22. The molecule has 2 heterocycles. The van der Waals surface area contributed by atoms with Gasteiger partial charge in [-0.25, -0.2) is 0 Å². The molecule has 1 aromatic heterocycles. The molecule has 0 unspecified atom stereocenters. The number of amides is 1. The maximum atomic E-state index is 12.4. The predicted octanol–water partition coefficient (Wildman–Crippen LogP) is 3.08. The molecule has 120 valence electrons. The number of pyridine rings is 1. The first kappa shape index (κ1) is 15.9. The van der Waals surface area contributed by atoms with Crippen molar-refractivity contribution in [3.05, 3.63) is 64.1 Å². The molecule has 1 fully saturated rings. The first-order valence-electron chi connectivity index (χ1n) is 7.84. The van der Waals surface area contributed by atoms with Crippen LogP contribution in [0.1, 0.15) is 28.8 Å². The minimum atomic E-state index is -0.311. The van der Waals surface area contributed by atoms with E-state index in [1.54, 1.807) is 23.2 Å². The summed E-state index contributed by atoms with van der Waals surface area (Å²) in [6, 6.07) is 11.7. The zero-order valence-corrected chi connectivity index (χ0v) is 13.9. The van der Waals surface area contributed by atoms with Gasteiger partial charge in [-0.1, -0.05) is 18.2 Å². The number of carbonyl (C=O) groups excluding carboxylic acids is 1. The molecule has 1 saturated heterocycles. The number of benzene rings is 1. The van der Waals surface area contributed by atoms with E-state index in [1.807, 2.05) is 11.8 Å². The summed E-state index contributed by atoms with van der Waals surface area (Å²) < 4.78 is 0. The van der Waals surface area contributed by atoms with Gasteiger partial charge in [0.1, 0.15) is 5.56 Å². The van der Waals surface area contributed by atoms with E-state index in [2.05, 4.69) is 36.2 Å². The quantitative estimate of drug-likeness (QED) is 0.942. The van der Waals surface area contributed by atoms with Crippen LogP contribution in [0.2, 0.25) is 0 Å². The average molecular weight is 328 g/mol. The van der Waals surface area contributed by atoms with E-state index in [0.717, 1.165) is 12.8 Å². The molecular weight excluding hydrogens is 308 g/mol. The molecule has 0 bridgehead atoms. The molecule has 1 N–H and O–H groups in total. The standard InChI is InChI=1S/C18H20N2O2S/c1-13-5-2-3-7-16(13)23-14-8-11-20(12-9-14)18(22)15-6-4-10-19-17(15)21/h2-7,10,14H,8-9,11-12H2,1H3,(H,19,21). The van der Waals surface area contributed by atoms with E-state index in [1.165, 1.54) is 10.5 Å². The van der Waals surface area contributed by atoms with Gasteiger partial charge >= 0.3 is 0 Å². The summed E-state index contributed by atoms with van der Waals surface area (Å²) in [7, 11) is 0. The van der Waals surface area contributed by atoms with E-state index in [-0.39, 0.29) is 17.0 Å². The minimum absolute atomic E-state index is 0.161. The van der Waals surface area contributed by atoms with E-state index in [9.17, 15) is 9.59 Å². The fourth-order valence-electron chi connectivity index (χ4n) is 2.81. The number of aromatic nitrogens is 1. The molecule has 0 saturated carbocycles. The number of thioether (sulfide) groups is 1. The molecule has 1 amide bonds. The number of aromatic amines is 1. The third-order valence-corrected chi connectivity index (χ3v) is 5.68. The molecule has 1 aliphatic rings. The first-order valence-corrected chi connectivity index (χ1v) is 8.72. The Labute approximate surface area is 139 Å². The summed E-state index contributed by atoms with van der Waals surface area (Å²) in [6.07, 6.45) is 3.45. The number of H-pyrrole nitrogens is 1. The van der Waals surface area contributed by atoms with Crippen LogP contribution in [0.15, 0.2) is 52.3 Å². The van der Waals surface area contributed by atoms with Crippen molar-refractivity contribution in [2.24, 2.45) is 0 Å². The number of piperidine rings is 1. The Balaban J connectivity index is 1.60. The van der Waals surface area contributed by atoms with Crippen LogP contribution in [0.3, 0.4) is 0 Å².